The summed E-state index contributed by atoms with van der Waals surface area (Å²) in [6.07, 6.45) is 2.28. The number of nitro groups is 1. The van der Waals surface area contributed by atoms with Crippen molar-refractivity contribution in [1.29, 1.82) is 0 Å². The molecule has 1 N–H and O–H groups in total. The van der Waals surface area contributed by atoms with Crippen molar-refractivity contribution in [2.45, 2.75) is 46.1 Å². The van der Waals surface area contributed by atoms with Crippen molar-refractivity contribution in [1.82, 2.24) is 0 Å². The minimum absolute atomic E-state index is 0.0297. The van der Waals surface area contributed by atoms with Crippen molar-refractivity contribution >= 4 is 45.5 Å². The van der Waals surface area contributed by atoms with Gasteiger partial charge in [-0.2, -0.15) is 0 Å². The summed E-state index contributed by atoms with van der Waals surface area (Å²) in [5.41, 5.74) is 1.23. The second kappa shape index (κ2) is 8.51. The Labute approximate surface area is 177 Å². The molecule has 1 unspecified atom stereocenters. The first-order chi connectivity index (χ1) is 13.7. The van der Waals surface area contributed by atoms with Crippen molar-refractivity contribution in [2.24, 2.45) is 5.92 Å². The summed E-state index contributed by atoms with van der Waals surface area (Å²) in [6, 6.07) is 3.65. The Morgan fingerprint density at radius 2 is 2.10 bits per heavy atom. The van der Waals surface area contributed by atoms with Gasteiger partial charge in [-0.3, -0.25) is 14.9 Å². The topological polar surface area (TPSA) is 98.5 Å². The zero-order valence-electron chi connectivity index (χ0n) is 16.3. The lowest BCUT2D eigenvalue weighted by Crippen LogP contribution is -2.18. The summed E-state index contributed by atoms with van der Waals surface area (Å²) in [4.78, 5) is 36.9. The molecule has 0 spiro atoms. The van der Waals surface area contributed by atoms with Crippen LogP contribution >= 0.6 is 22.9 Å². The molecule has 1 aromatic heterocycles. The molecule has 0 saturated carbocycles. The first-order valence-electron chi connectivity index (χ1n) is 9.28. The highest BCUT2D eigenvalue weighted by molar-refractivity contribution is 7.17. The van der Waals surface area contributed by atoms with E-state index in [-0.39, 0.29) is 22.4 Å². The van der Waals surface area contributed by atoms with Gasteiger partial charge >= 0.3 is 5.97 Å². The number of ether oxygens (including phenoxy) is 1. The van der Waals surface area contributed by atoms with Gasteiger partial charge in [0.05, 0.1) is 27.2 Å². The molecule has 0 bridgehead atoms. The lowest BCUT2D eigenvalue weighted by molar-refractivity contribution is -0.384. The summed E-state index contributed by atoms with van der Waals surface area (Å²) in [5, 5.41) is 14.0. The third kappa shape index (κ3) is 4.59. The predicted octanol–water partition coefficient (Wildman–Crippen LogP) is 5.25. The van der Waals surface area contributed by atoms with E-state index in [4.69, 9.17) is 16.3 Å². The second-order valence-corrected chi connectivity index (χ2v) is 8.90. The van der Waals surface area contributed by atoms with Gasteiger partial charge in [0.15, 0.2) is 0 Å². The Balaban J connectivity index is 1.95. The summed E-state index contributed by atoms with van der Waals surface area (Å²) < 4.78 is 5.40. The van der Waals surface area contributed by atoms with Crippen molar-refractivity contribution in [3.8, 4) is 0 Å². The Bertz CT molecular complexity index is 985. The largest absolute Gasteiger partial charge is 0.459 e. The lowest BCUT2D eigenvalue weighted by Gasteiger charge is -2.18. The molecule has 1 atom stereocenters. The van der Waals surface area contributed by atoms with Crippen LogP contribution < -0.4 is 5.32 Å². The fourth-order valence-corrected chi connectivity index (χ4v) is 4.95. The van der Waals surface area contributed by atoms with Crippen LogP contribution in [0.4, 0.5) is 10.7 Å². The average molecular weight is 437 g/mol. The van der Waals surface area contributed by atoms with Gasteiger partial charge in [0.1, 0.15) is 5.00 Å². The van der Waals surface area contributed by atoms with Gasteiger partial charge in [-0.1, -0.05) is 18.5 Å². The Hall–Kier alpha value is -2.45. The molecule has 0 saturated heterocycles. The number of carbonyl (C=O) groups excluding carboxylic acids is 2. The number of thiophene rings is 1. The smallest absolute Gasteiger partial charge is 0.341 e. The molecule has 1 aliphatic carbocycles. The van der Waals surface area contributed by atoms with E-state index in [9.17, 15) is 19.7 Å². The van der Waals surface area contributed by atoms with E-state index >= 15 is 0 Å². The lowest BCUT2D eigenvalue weighted by atomic mass is 9.88. The number of benzene rings is 1. The van der Waals surface area contributed by atoms with Crippen LogP contribution in [-0.4, -0.2) is 22.9 Å². The van der Waals surface area contributed by atoms with Crippen LogP contribution in [0, 0.1) is 16.0 Å². The van der Waals surface area contributed by atoms with Gasteiger partial charge in [0, 0.05) is 17.0 Å². The van der Waals surface area contributed by atoms with E-state index in [1.807, 2.05) is 0 Å². The number of carbonyl (C=O) groups is 2. The average Bonchev–Trinajstić information content (AvgIpc) is 2.97. The highest BCUT2D eigenvalue weighted by Gasteiger charge is 2.30. The molecule has 1 heterocycles. The Morgan fingerprint density at radius 1 is 1.38 bits per heavy atom. The van der Waals surface area contributed by atoms with Gasteiger partial charge < -0.3 is 10.1 Å². The molecule has 9 heteroatoms. The number of non-ortho nitro benzene ring substituents is 1. The van der Waals surface area contributed by atoms with E-state index in [1.165, 1.54) is 23.5 Å². The van der Waals surface area contributed by atoms with Gasteiger partial charge in [-0.05, 0) is 50.7 Å². The predicted molar refractivity (Wildman–Crippen MR) is 112 cm³/mol. The third-order valence-corrected chi connectivity index (χ3v) is 6.18. The summed E-state index contributed by atoms with van der Waals surface area (Å²) in [5.74, 6) is -0.491. The molecule has 3 rings (SSSR count). The molecule has 0 radical (unpaired) electrons. The van der Waals surface area contributed by atoms with Crippen molar-refractivity contribution in [3.05, 3.63) is 54.9 Å². The minimum atomic E-state index is -0.581. The summed E-state index contributed by atoms with van der Waals surface area (Å²) in [6.45, 7) is 5.70. The fourth-order valence-electron chi connectivity index (χ4n) is 3.30. The van der Waals surface area contributed by atoms with Crippen LogP contribution in [0.15, 0.2) is 18.2 Å². The monoisotopic (exact) mass is 436 g/mol. The standard InChI is InChI=1S/C20H21ClN2O5S/c1-10(2)28-20(25)17-14-6-4-11(3)8-16(14)29-19(17)22-18(24)13-7-5-12(23(26)27)9-15(13)21/h5,7,9-11H,4,6,8H2,1-3H3,(H,22,24). The van der Waals surface area contributed by atoms with Crippen LogP contribution in [0.25, 0.3) is 0 Å². The van der Waals surface area contributed by atoms with E-state index in [0.29, 0.717) is 16.5 Å². The number of fused-ring (bicyclic) bond motifs is 1. The molecule has 154 valence electrons. The zero-order valence-corrected chi connectivity index (χ0v) is 17.9. The number of amides is 1. The number of halogens is 1. The molecule has 29 heavy (non-hydrogen) atoms. The van der Waals surface area contributed by atoms with Gasteiger partial charge in [0.25, 0.3) is 11.6 Å². The molecule has 7 nitrogen and oxygen atoms in total. The number of esters is 1. The normalized spacial score (nSPS) is 15.7. The number of hydrogen-bond donors (Lipinski definition) is 1. The minimum Gasteiger partial charge on any atom is -0.459 e. The molecule has 1 aromatic carbocycles. The third-order valence-electron chi connectivity index (χ3n) is 4.69. The maximum Gasteiger partial charge on any atom is 0.341 e. The molecule has 1 aliphatic rings. The first kappa shape index (κ1) is 21.3. The van der Waals surface area contributed by atoms with Crippen molar-refractivity contribution < 1.29 is 19.2 Å². The molecule has 0 fully saturated rings. The molecular weight excluding hydrogens is 416 g/mol. The van der Waals surface area contributed by atoms with Crippen LogP contribution in [0.3, 0.4) is 0 Å². The number of nitrogens with one attached hydrogen (secondary N) is 1. The molecule has 1 amide bonds. The number of anilines is 1. The van der Waals surface area contributed by atoms with Crippen LogP contribution in [0.1, 0.15) is 58.3 Å². The van der Waals surface area contributed by atoms with Gasteiger partial charge in [0.2, 0.25) is 0 Å². The highest BCUT2D eigenvalue weighted by Crippen LogP contribution is 2.40. The maximum atomic E-state index is 12.8. The van der Waals surface area contributed by atoms with Gasteiger partial charge in [-0.25, -0.2) is 4.79 Å². The first-order valence-corrected chi connectivity index (χ1v) is 10.5. The summed E-state index contributed by atoms with van der Waals surface area (Å²) >= 11 is 7.45. The van der Waals surface area contributed by atoms with E-state index < -0.39 is 16.8 Å². The van der Waals surface area contributed by atoms with E-state index in [1.54, 1.807) is 13.8 Å². The van der Waals surface area contributed by atoms with Crippen molar-refractivity contribution in [3.63, 3.8) is 0 Å². The fraction of sp³-hybridized carbons (Fsp3) is 0.400. The Morgan fingerprint density at radius 3 is 2.72 bits per heavy atom. The van der Waals surface area contributed by atoms with Gasteiger partial charge in [-0.15, -0.1) is 11.3 Å². The summed E-state index contributed by atoms with van der Waals surface area (Å²) in [7, 11) is 0. The number of rotatable bonds is 5. The van der Waals surface area contributed by atoms with E-state index in [2.05, 4.69) is 12.2 Å². The Kier molecular flexibility index (Phi) is 6.24. The maximum absolute atomic E-state index is 12.8. The quantitative estimate of drug-likeness (QED) is 0.392. The molecular formula is C20H21ClN2O5S. The molecule has 0 aliphatic heterocycles. The zero-order chi connectivity index (χ0) is 21.3. The van der Waals surface area contributed by atoms with Crippen LogP contribution in [0.2, 0.25) is 5.02 Å². The number of nitro benzene ring substituents is 1. The number of hydrogen-bond acceptors (Lipinski definition) is 6. The van der Waals surface area contributed by atoms with E-state index in [0.717, 1.165) is 35.8 Å². The highest BCUT2D eigenvalue weighted by atomic mass is 35.5. The van der Waals surface area contributed by atoms with Crippen LogP contribution in [-0.2, 0) is 17.6 Å². The second-order valence-electron chi connectivity index (χ2n) is 7.39. The van der Waals surface area contributed by atoms with Crippen molar-refractivity contribution in [2.75, 3.05) is 5.32 Å². The molecule has 2 aromatic rings. The number of nitrogens with zero attached hydrogens (tertiary/aromatic N) is 1. The van der Waals surface area contributed by atoms with Crippen LogP contribution in [0.5, 0.6) is 0 Å². The SMILES string of the molecule is CC1CCc2c(sc(NC(=O)c3ccc([N+](=O)[O-])cc3Cl)c2C(=O)OC(C)C)C1.